The number of hydrogen-bond donors (Lipinski definition) is 0. The van der Waals surface area contributed by atoms with Gasteiger partial charge in [0.15, 0.2) is 0 Å². The lowest BCUT2D eigenvalue weighted by Crippen LogP contribution is -1.89. The lowest BCUT2D eigenvalue weighted by Gasteiger charge is -1.93. The summed E-state index contributed by atoms with van der Waals surface area (Å²) in [6.45, 7) is 6.29. The second-order valence-electron chi connectivity index (χ2n) is 2.99. The molecule has 0 aromatic carbocycles. The molecule has 90 valence electrons. The van der Waals surface area contributed by atoms with Crippen LogP contribution in [0.4, 0.5) is 0 Å². The van der Waals surface area contributed by atoms with E-state index in [0.29, 0.717) is 26.2 Å². The fourth-order valence-corrected chi connectivity index (χ4v) is 0.759. The van der Waals surface area contributed by atoms with Gasteiger partial charge >= 0.3 is 0 Å². The summed E-state index contributed by atoms with van der Waals surface area (Å²) >= 11 is 0. The molecule has 0 saturated carbocycles. The smallest absolute Gasteiger partial charge is 0.293 e. The average molecular weight is 218 g/mol. The first kappa shape index (κ1) is 16.4. The topological polar surface area (TPSA) is 52.6 Å². The van der Waals surface area contributed by atoms with Crippen LogP contribution < -0.4 is 0 Å². The van der Waals surface area contributed by atoms with Crippen LogP contribution in [-0.2, 0) is 19.1 Å². The molecule has 0 fully saturated rings. The third-order valence-electron chi connectivity index (χ3n) is 1.62. The molecule has 0 bridgehead atoms. The molecule has 0 atom stereocenters. The minimum absolute atomic E-state index is 0.482. The van der Waals surface area contributed by atoms with E-state index in [1.54, 1.807) is 0 Å². The Morgan fingerprint density at radius 1 is 0.800 bits per heavy atom. The van der Waals surface area contributed by atoms with Crippen molar-refractivity contribution in [1.82, 2.24) is 0 Å². The number of ether oxygens (including phenoxy) is 2. The van der Waals surface area contributed by atoms with Crippen molar-refractivity contribution in [3.8, 4) is 0 Å². The fraction of sp³-hybridized carbons (Fsp3) is 0.818. The molecule has 0 spiro atoms. The van der Waals surface area contributed by atoms with E-state index in [0.717, 1.165) is 25.7 Å². The van der Waals surface area contributed by atoms with Gasteiger partial charge in [-0.1, -0.05) is 33.1 Å². The molecule has 0 aliphatic carbocycles. The maximum atomic E-state index is 9.55. The van der Waals surface area contributed by atoms with E-state index in [1.165, 1.54) is 6.42 Å². The summed E-state index contributed by atoms with van der Waals surface area (Å²) in [6.07, 6.45) is 5.36. The van der Waals surface area contributed by atoms with E-state index in [9.17, 15) is 9.59 Å². The van der Waals surface area contributed by atoms with E-state index >= 15 is 0 Å². The Labute approximate surface area is 91.9 Å². The second kappa shape index (κ2) is 18.7. The number of carbonyl (C=O) groups excluding carboxylic acids is 2. The van der Waals surface area contributed by atoms with Crippen LogP contribution in [0.3, 0.4) is 0 Å². The maximum Gasteiger partial charge on any atom is 0.293 e. The van der Waals surface area contributed by atoms with Gasteiger partial charge in [-0.2, -0.15) is 0 Å². The fourth-order valence-electron chi connectivity index (χ4n) is 0.759. The molecule has 0 aliphatic heterocycles. The van der Waals surface area contributed by atoms with Crippen LogP contribution in [-0.4, -0.2) is 26.2 Å². The van der Waals surface area contributed by atoms with E-state index < -0.39 is 0 Å². The zero-order valence-electron chi connectivity index (χ0n) is 9.74. The van der Waals surface area contributed by atoms with Crippen molar-refractivity contribution in [3.63, 3.8) is 0 Å². The lowest BCUT2D eigenvalue weighted by molar-refractivity contribution is -0.129. The predicted molar refractivity (Wildman–Crippen MR) is 58.5 cm³/mol. The van der Waals surface area contributed by atoms with Gasteiger partial charge in [-0.25, -0.2) is 0 Å². The van der Waals surface area contributed by atoms with Gasteiger partial charge in [-0.3, -0.25) is 9.59 Å². The molecular formula is C11H22O4. The predicted octanol–water partition coefficient (Wildman–Crippen LogP) is 2.31. The van der Waals surface area contributed by atoms with Crippen molar-refractivity contribution < 1.29 is 19.1 Å². The first-order valence-corrected chi connectivity index (χ1v) is 5.43. The highest BCUT2D eigenvalue weighted by atomic mass is 16.5. The molecule has 0 aromatic rings. The van der Waals surface area contributed by atoms with Crippen molar-refractivity contribution in [2.24, 2.45) is 0 Å². The molecule has 0 aliphatic rings. The van der Waals surface area contributed by atoms with Crippen LogP contribution in [0.2, 0.25) is 0 Å². The zero-order chi connectivity index (χ0) is 11.8. The Morgan fingerprint density at radius 2 is 1.27 bits per heavy atom. The van der Waals surface area contributed by atoms with Gasteiger partial charge in [0.25, 0.3) is 12.9 Å². The van der Waals surface area contributed by atoms with Gasteiger partial charge < -0.3 is 9.47 Å². The van der Waals surface area contributed by atoms with Gasteiger partial charge in [-0.05, 0) is 12.8 Å². The molecule has 0 radical (unpaired) electrons. The van der Waals surface area contributed by atoms with E-state index in [1.807, 2.05) is 6.92 Å². The Morgan fingerprint density at radius 3 is 1.67 bits per heavy atom. The summed E-state index contributed by atoms with van der Waals surface area (Å²) < 4.78 is 8.85. The number of hydrogen-bond acceptors (Lipinski definition) is 4. The third-order valence-corrected chi connectivity index (χ3v) is 1.62. The first-order valence-electron chi connectivity index (χ1n) is 5.43. The van der Waals surface area contributed by atoms with Gasteiger partial charge in [-0.15, -0.1) is 0 Å². The van der Waals surface area contributed by atoms with Gasteiger partial charge in [0.05, 0.1) is 13.2 Å². The summed E-state index contributed by atoms with van der Waals surface area (Å²) in [7, 11) is 0. The average Bonchev–Trinajstić information content (AvgIpc) is 2.26. The van der Waals surface area contributed by atoms with E-state index in [-0.39, 0.29) is 0 Å². The summed E-state index contributed by atoms with van der Waals surface area (Å²) in [5, 5.41) is 0. The van der Waals surface area contributed by atoms with E-state index in [4.69, 9.17) is 0 Å². The zero-order valence-corrected chi connectivity index (χ0v) is 9.74. The molecule has 0 N–H and O–H groups in total. The molecule has 0 rings (SSSR count). The Kier molecular flexibility index (Phi) is 20.4. The van der Waals surface area contributed by atoms with Crippen LogP contribution in [0.1, 0.15) is 46.0 Å². The van der Waals surface area contributed by atoms with Crippen LogP contribution in [0, 0.1) is 0 Å². The molecule has 0 amide bonds. The van der Waals surface area contributed by atoms with Gasteiger partial charge in [0, 0.05) is 0 Å². The van der Waals surface area contributed by atoms with E-state index in [2.05, 4.69) is 16.4 Å². The highest BCUT2D eigenvalue weighted by molar-refractivity contribution is 5.36. The number of rotatable bonds is 9. The van der Waals surface area contributed by atoms with Gasteiger partial charge in [0.1, 0.15) is 0 Å². The van der Waals surface area contributed by atoms with Crippen molar-refractivity contribution in [2.45, 2.75) is 46.0 Å². The summed E-state index contributed by atoms with van der Waals surface area (Å²) in [5.41, 5.74) is 0. The quantitative estimate of drug-likeness (QED) is 0.440. The maximum absolute atomic E-state index is 9.55. The summed E-state index contributed by atoms with van der Waals surface area (Å²) in [5.74, 6) is 0. The standard InChI is InChI=1S/C6H12O2.C5H10O2/c1-2-3-4-5-8-6-7;1-2-3-4-7-5-6/h6H,2-5H2,1H3;5H,2-4H2,1H3. The highest BCUT2D eigenvalue weighted by Crippen LogP contribution is 1.92. The molecule has 0 aromatic heterocycles. The SMILES string of the molecule is CCCCCOC=O.CCCCOC=O. The Balaban J connectivity index is 0. The third kappa shape index (κ3) is 24.6. The number of unbranched alkanes of at least 4 members (excludes halogenated alkanes) is 3. The molecule has 0 saturated heterocycles. The monoisotopic (exact) mass is 218 g/mol. The largest absolute Gasteiger partial charge is 0.468 e. The molecule has 0 unspecified atom stereocenters. The second-order valence-corrected chi connectivity index (χ2v) is 2.99. The molecule has 4 nitrogen and oxygen atoms in total. The highest BCUT2D eigenvalue weighted by Gasteiger charge is 1.82. The molecule has 4 heteroatoms. The van der Waals surface area contributed by atoms with Crippen LogP contribution in [0.15, 0.2) is 0 Å². The Bertz CT molecular complexity index is 126. The minimum atomic E-state index is 0.482. The summed E-state index contributed by atoms with van der Waals surface area (Å²) in [6, 6.07) is 0. The molecule has 0 heterocycles. The number of carbonyl (C=O) groups is 2. The molecular weight excluding hydrogens is 196 g/mol. The normalized spacial score (nSPS) is 8.40. The summed E-state index contributed by atoms with van der Waals surface area (Å²) in [4.78, 5) is 19.0. The van der Waals surface area contributed by atoms with Crippen molar-refractivity contribution in [1.29, 1.82) is 0 Å². The van der Waals surface area contributed by atoms with Crippen molar-refractivity contribution >= 4 is 12.9 Å². The van der Waals surface area contributed by atoms with Gasteiger partial charge in [0.2, 0.25) is 0 Å². The lowest BCUT2D eigenvalue weighted by atomic mass is 10.3. The van der Waals surface area contributed by atoms with Crippen molar-refractivity contribution in [3.05, 3.63) is 0 Å². The first-order chi connectivity index (χ1) is 7.33. The van der Waals surface area contributed by atoms with Crippen LogP contribution in [0.25, 0.3) is 0 Å². The minimum Gasteiger partial charge on any atom is -0.468 e. The van der Waals surface area contributed by atoms with Crippen molar-refractivity contribution in [2.75, 3.05) is 13.2 Å². The molecule has 15 heavy (non-hydrogen) atoms. The van der Waals surface area contributed by atoms with Crippen LogP contribution >= 0.6 is 0 Å². The van der Waals surface area contributed by atoms with Crippen LogP contribution in [0.5, 0.6) is 0 Å². The Hall–Kier alpha value is -1.06.